The summed E-state index contributed by atoms with van der Waals surface area (Å²) in [6.45, 7) is 4.49. The summed E-state index contributed by atoms with van der Waals surface area (Å²) in [7, 11) is 0. The smallest absolute Gasteiger partial charge is 0.309 e. The highest BCUT2D eigenvalue weighted by Crippen LogP contribution is 2.16. The first-order valence-corrected chi connectivity index (χ1v) is 7.63. The van der Waals surface area contributed by atoms with Gasteiger partial charge in [-0.2, -0.15) is 0 Å². The first-order valence-electron chi connectivity index (χ1n) is 7.63. The van der Waals surface area contributed by atoms with E-state index in [1.165, 1.54) is 0 Å². The van der Waals surface area contributed by atoms with E-state index in [0.717, 1.165) is 37.7 Å². The van der Waals surface area contributed by atoms with Crippen molar-refractivity contribution < 1.29 is 9.53 Å². The molecule has 2 atom stereocenters. The van der Waals surface area contributed by atoms with Crippen molar-refractivity contribution in [3.05, 3.63) is 35.9 Å². The molecule has 0 heterocycles. The molecule has 1 rings (SSSR count). The number of carbonyl (C=O) groups excluding carboxylic acids is 1. The number of esters is 1. The molecule has 2 unspecified atom stereocenters. The van der Waals surface area contributed by atoms with Gasteiger partial charge < -0.3 is 10.5 Å². The number of carbonyl (C=O) groups is 1. The summed E-state index contributed by atoms with van der Waals surface area (Å²) in [6.07, 6.45) is 4.68. The lowest BCUT2D eigenvalue weighted by molar-refractivity contribution is -0.150. The molecule has 3 nitrogen and oxygen atoms in total. The van der Waals surface area contributed by atoms with E-state index in [1.54, 1.807) is 0 Å². The normalized spacial score (nSPS) is 13.8. The molecule has 2 N–H and O–H groups in total. The Balaban J connectivity index is 2.31. The van der Waals surface area contributed by atoms with E-state index < -0.39 is 0 Å². The van der Waals surface area contributed by atoms with Crippen LogP contribution in [0.4, 0.5) is 0 Å². The zero-order chi connectivity index (χ0) is 14.8. The van der Waals surface area contributed by atoms with Crippen molar-refractivity contribution in [3.8, 4) is 0 Å². The van der Waals surface area contributed by atoms with Crippen molar-refractivity contribution >= 4 is 5.97 Å². The SMILES string of the molecule is CCC(N)CCCC(CC)C(=O)OCc1ccccc1. The number of nitrogens with two attached hydrogens (primary N) is 1. The highest BCUT2D eigenvalue weighted by atomic mass is 16.5. The first kappa shape index (κ1) is 16.7. The maximum Gasteiger partial charge on any atom is 0.309 e. The van der Waals surface area contributed by atoms with Gasteiger partial charge in [0.2, 0.25) is 0 Å². The Morgan fingerprint density at radius 1 is 1.15 bits per heavy atom. The maximum absolute atomic E-state index is 12.0. The van der Waals surface area contributed by atoms with Crippen LogP contribution >= 0.6 is 0 Å². The summed E-state index contributed by atoms with van der Waals surface area (Å²) in [6, 6.07) is 10.0. The molecule has 1 aromatic carbocycles. The van der Waals surface area contributed by atoms with Crippen LogP contribution in [0.1, 0.15) is 51.5 Å². The molecule has 0 aliphatic carbocycles. The van der Waals surface area contributed by atoms with Gasteiger partial charge in [-0.1, -0.05) is 50.6 Å². The van der Waals surface area contributed by atoms with Crippen LogP contribution in [-0.2, 0) is 16.1 Å². The first-order chi connectivity index (χ1) is 9.67. The van der Waals surface area contributed by atoms with Crippen LogP contribution in [0.3, 0.4) is 0 Å². The standard InChI is InChI=1S/C17H27NO2/c1-3-15(11-8-12-16(18)4-2)17(19)20-13-14-9-6-5-7-10-14/h5-7,9-10,15-16H,3-4,8,11-13,18H2,1-2H3. The van der Waals surface area contributed by atoms with E-state index in [9.17, 15) is 4.79 Å². The summed E-state index contributed by atoms with van der Waals surface area (Å²) in [5.41, 5.74) is 6.93. The Labute approximate surface area is 122 Å². The minimum Gasteiger partial charge on any atom is -0.461 e. The summed E-state index contributed by atoms with van der Waals surface area (Å²) < 4.78 is 5.39. The Kier molecular flexibility index (Phi) is 7.97. The predicted octanol–water partition coefficient (Wildman–Crippen LogP) is 3.66. The minimum absolute atomic E-state index is 0.00256. The number of hydrogen-bond donors (Lipinski definition) is 1. The zero-order valence-corrected chi connectivity index (χ0v) is 12.7. The molecule has 0 saturated carbocycles. The molecule has 0 fully saturated rings. The molecule has 0 bridgehead atoms. The lowest BCUT2D eigenvalue weighted by atomic mass is 9.97. The average Bonchev–Trinajstić information content (AvgIpc) is 2.50. The van der Waals surface area contributed by atoms with Gasteiger partial charge in [-0.3, -0.25) is 4.79 Å². The zero-order valence-electron chi connectivity index (χ0n) is 12.7. The lowest BCUT2D eigenvalue weighted by Gasteiger charge is -2.15. The Morgan fingerprint density at radius 3 is 2.45 bits per heavy atom. The van der Waals surface area contributed by atoms with Crippen LogP contribution in [0.5, 0.6) is 0 Å². The van der Waals surface area contributed by atoms with Crippen LogP contribution in [0.15, 0.2) is 30.3 Å². The summed E-state index contributed by atoms with van der Waals surface area (Å²) in [4.78, 5) is 12.0. The van der Waals surface area contributed by atoms with Gasteiger partial charge in [0.15, 0.2) is 0 Å². The monoisotopic (exact) mass is 277 g/mol. The maximum atomic E-state index is 12.0. The Morgan fingerprint density at radius 2 is 1.85 bits per heavy atom. The Hall–Kier alpha value is -1.35. The summed E-state index contributed by atoms with van der Waals surface area (Å²) >= 11 is 0. The second-order valence-electron chi connectivity index (χ2n) is 5.30. The fraction of sp³-hybridized carbons (Fsp3) is 0.588. The molecule has 1 aromatic rings. The third-order valence-corrected chi connectivity index (χ3v) is 3.70. The predicted molar refractivity (Wildman–Crippen MR) is 82.1 cm³/mol. The van der Waals surface area contributed by atoms with E-state index in [-0.39, 0.29) is 17.9 Å². The molecule has 0 aliphatic rings. The van der Waals surface area contributed by atoms with Crippen molar-refractivity contribution in [2.45, 2.75) is 58.6 Å². The highest BCUT2D eigenvalue weighted by molar-refractivity contribution is 5.72. The van der Waals surface area contributed by atoms with Crippen LogP contribution in [0.25, 0.3) is 0 Å². The Bertz CT molecular complexity index is 378. The van der Waals surface area contributed by atoms with E-state index in [4.69, 9.17) is 10.5 Å². The molecule has 0 saturated heterocycles. The van der Waals surface area contributed by atoms with Crippen molar-refractivity contribution in [1.82, 2.24) is 0 Å². The summed E-state index contributed by atoms with van der Waals surface area (Å²) in [5.74, 6) is -0.0795. The molecular formula is C17H27NO2. The third-order valence-electron chi connectivity index (χ3n) is 3.70. The molecule has 3 heteroatoms. The molecule has 20 heavy (non-hydrogen) atoms. The van der Waals surface area contributed by atoms with Crippen molar-refractivity contribution in [3.63, 3.8) is 0 Å². The average molecular weight is 277 g/mol. The van der Waals surface area contributed by atoms with Crippen LogP contribution in [0, 0.1) is 5.92 Å². The number of rotatable bonds is 9. The van der Waals surface area contributed by atoms with Gasteiger partial charge in [-0.15, -0.1) is 0 Å². The van der Waals surface area contributed by atoms with E-state index in [1.807, 2.05) is 37.3 Å². The molecule has 0 spiro atoms. The van der Waals surface area contributed by atoms with Crippen LogP contribution < -0.4 is 5.73 Å². The minimum atomic E-state index is -0.0820. The molecule has 0 aliphatic heterocycles. The van der Waals surface area contributed by atoms with Gasteiger partial charge >= 0.3 is 5.97 Å². The molecule has 0 aromatic heterocycles. The largest absolute Gasteiger partial charge is 0.461 e. The van der Waals surface area contributed by atoms with E-state index in [0.29, 0.717) is 6.61 Å². The van der Waals surface area contributed by atoms with E-state index in [2.05, 4.69) is 6.92 Å². The lowest BCUT2D eigenvalue weighted by Crippen LogP contribution is -2.21. The summed E-state index contributed by atoms with van der Waals surface area (Å²) in [5, 5.41) is 0. The van der Waals surface area contributed by atoms with Gasteiger partial charge in [0.25, 0.3) is 0 Å². The second kappa shape index (κ2) is 9.54. The van der Waals surface area contributed by atoms with Gasteiger partial charge in [0.1, 0.15) is 6.61 Å². The van der Waals surface area contributed by atoms with Crippen molar-refractivity contribution in [2.75, 3.05) is 0 Å². The quantitative estimate of drug-likeness (QED) is 0.701. The highest BCUT2D eigenvalue weighted by Gasteiger charge is 2.18. The van der Waals surface area contributed by atoms with Gasteiger partial charge in [-0.25, -0.2) is 0 Å². The van der Waals surface area contributed by atoms with Gasteiger partial charge in [0.05, 0.1) is 5.92 Å². The molecule has 0 amide bonds. The fourth-order valence-electron chi connectivity index (χ4n) is 2.17. The van der Waals surface area contributed by atoms with Crippen molar-refractivity contribution in [2.24, 2.45) is 11.7 Å². The van der Waals surface area contributed by atoms with Crippen LogP contribution in [0.2, 0.25) is 0 Å². The third kappa shape index (κ3) is 6.20. The van der Waals surface area contributed by atoms with E-state index >= 15 is 0 Å². The van der Waals surface area contributed by atoms with Gasteiger partial charge in [-0.05, 0) is 31.2 Å². The number of ether oxygens (including phenoxy) is 1. The molecule has 112 valence electrons. The fourth-order valence-corrected chi connectivity index (χ4v) is 2.17. The van der Waals surface area contributed by atoms with Crippen LogP contribution in [-0.4, -0.2) is 12.0 Å². The molecular weight excluding hydrogens is 250 g/mol. The number of benzene rings is 1. The van der Waals surface area contributed by atoms with Gasteiger partial charge in [0, 0.05) is 6.04 Å². The second-order valence-corrected chi connectivity index (χ2v) is 5.30. The van der Waals surface area contributed by atoms with Crippen molar-refractivity contribution in [1.29, 1.82) is 0 Å². The number of hydrogen-bond acceptors (Lipinski definition) is 3. The topological polar surface area (TPSA) is 52.3 Å². The molecule has 0 radical (unpaired) electrons.